The summed E-state index contributed by atoms with van der Waals surface area (Å²) in [6.07, 6.45) is 4.95. The van der Waals surface area contributed by atoms with Gasteiger partial charge in [0.05, 0.1) is 22.8 Å². The molecule has 0 spiro atoms. The molecule has 2 aromatic carbocycles. The van der Waals surface area contributed by atoms with Gasteiger partial charge in [-0.3, -0.25) is 15.1 Å². The van der Waals surface area contributed by atoms with E-state index in [1.165, 1.54) is 6.07 Å². The summed E-state index contributed by atoms with van der Waals surface area (Å²) in [5.74, 6) is 0.803. The highest BCUT2D eigenvalue weighted by Crippen LogP contribution is 2.19. The first-order chi connectivity index (χ1) is 10.7. The van der Waals surface area contributed by atoms with Crippen molar-refractivity contribution in [3.63, 3.8) is 0 Å². The predicted molar refractivity (Wildman–Crippen MR) is 87.9 cm³/mol. The molecule has 0 fully saturated rings. The molecule has 5 heteroatoms. The fourth-order valence-electron chi connectivity index (χ4n) is 1.87. The van der Waals surface area contributed by atoms with Gasteiger partial charge in [0.25, 0.3) is 5.69 Å². The molecule has 0 heterocycles. The lowest BCUT2D eigenvalue weighted by Crippen LogP contribution is -1.90. The number of rotatable bonds is 6. The van der Waals surface area contributed by atoms with E-state index in [9.17, 15) is 10.1 Å². The number of nitro benzene ring substituents is 1. The number of aliphatic imine (C=N–C) groups is 1. The standard InChI is InChI=1S/C17H16N2O3/c1-2-22-16-11-9-15(10-12-16)18-13-5-7-14-6-3-4-8-17(14)19(20)21/h3-13H,2H2,1H3/b7-5+,18-13?. The highest BCUT2D eigenvalue weighted by Gasteiger charge is 2.08. The first-order valence-electron chi connectivity index (χ1n) is 6.87. The van der Waals surface area contributed by atoms with E-state index >= 15 is 0 Å². The van der Waals surface area contributed by atoms with E-state index in [0.29, 0.717) is 12.2 Å². The van der Waals surface area contributed by atoms with E-state index in [4.69, 9.17) is 4.74 Å². The van der Waals surface area contributed by atoms with Crippen LogP contribution >= 0.6 is 0 Å². The molecule has 0 aliphatic rings. The molecule has 0 atom stereocenters. The Morgan fingerprint density at radius 2 is 1.91 bits per heavy atom. The molecule has 0 N–H and O–H groups in total. The highest BCUT2D eigenvalue weighted by atomic mass is 16.6. The van der Waals surface area contributed by atoms with Gasteiger partial charge in [-0.05, 0) is 49.4 Å². The van der Waals surface area contributed by atoms with E-state index in [2.05, 4.69) is 4.99 Å². The lowest BCUT2D eigenvalue weighted by molar-refractivity contribution is -0.385. The van der Waals surface area contributed by atoms with Gasteiger partial charge in [-0.25, -0.2) is 0 Å². The third-order valence-electron chi connectivity index (χ3n) is 2.87. The molecule has 0 unspecified atom stereocenters. The van der Waals surface area contributed by atoms with Crippen LogP contribution in [0.15, 0.2) is 59.6 Å². The van der Waals surface area contributed by atoms with E-state index in [1.54, 1.807) is 36.6 Å². The maximum absolute atomic E-state index is 10.9. The predicted octanol–water partition coefficient (Wildman–Crippen LogP) is 4.41. The molecule has 0 aliphatic heterocycles. The van der Waals surface area contributed by atoms with Crippen LogP contribution in [0, 0.1) is 10.1 Å². The summed E-state index contributed by atoms with van der Waals surface area (Å²) in [5, 5.41) is 10.9. The lowest BCUT2D eigenvalue weighted by Gasteiger charge is -2.01. The Bertz CT molecular complexity index is 691. The lowest BCUT2D eigenvalue weighted by atomic mass is 10.1. The Morgan fingerprint density at radius 1 is 1.18 bits per heavy atom. The normalized spacial score (nSPS) is 11.1. The van der Waals surface area contributed by atoms with Crippen molar-refractivity contribution in [3.8, 4) is 5.75 Å². The minimum atomic E-state index is -0.400. The van der Waals surface area contributed by atoms with Crippen LogP contribution in [0.25, 0.3) is 6.08 Å². The quantitative estimate of drug-likeness (QED) is 0.450. The second-order valence-corrected chi connectivity index (χ2v) is 4.38. The van der Waals surface area contributed by atoms with Gasteiger partial charge in [-0.2, -0.15) is 0 Å². The largest absolute Gasteiger partial charge is 0.494 e. The third-order valence-corrected chi connectivity index (χ3v) is 2.87. The fourth-order valence-corrected chi connectivity index (χ4v) is 1.87. The van der Waals surface area contributed by atoms with Crippen LogP contribution in [0.4, 0.5) is 11.4 Å². The van der Waals surface area contributed by atoms with Crippen molar-refractivity contribution in [2.45, 2.75) is 6.92 Å². The number of nitro groups is 1. The summed E-state index contributed by atoms with van der Waals surface area (Å²) >= 11 is 0. The molecule has 2 aromatic rings. The van der Waals surface area contributed by atoms with Crippen LogP contribution in [0.5, 0.6) is 5.75 Å². The summed E-state index contributed by atoms with van der Waals surface area (Å²) in [6.45, 7) is 2.56. The summed E-state index contributed by atoms with van der Waals surface area (Å²) in [4.78, 5) is 14.7. The summed E-state index contributed by atoms with van der Waals surface area (Å²) in [5.41, 5.74) is 1.41. The van der Waals surface area contributed by atoms with Crippen molar-refractivity contribution in [1.29, 1.82) is 0 Å². The Hall–Kier alpha value is -2.95. The summed E-state index contributed by atoms with van der Waals surface area (Å²) in [7, 11) is 0. The number of para-hydroxylation sites is 1. The van der Waals surface area contributed by atoms with Crippen LogP contribution in [0.2, 0.25) is 0 Å². The van der Waals surface area contributed by atoms with Crippen molar-refractivity contribution in [1.82, 2.24) is 0 Å². The molecule has 0 bridgehead atoms. The van der Waals surface area contributed by atoms with Crippen molar-refractivity contribution in [3.05, 3.63) is 70.3 Å². The van der Waals surface area contributed by atoms with Gasteiger partial charge in [0.15, 0.2) is 0 Å². The minimum Gasteiger partial charge on any atom is -0.494 e. The zero-order valence-electron chi connectivity index (χ0n) is 12.2. The topological polar surface area (TPSA) is 64.7 Å². The molecule has 0 aromatic heterocycles. The van der Waals surface area contributed by atoms with Gasteiger partial charge in [0.1, 0.15) is 5.75 Å². The summed E-state index contributed by atoms with van der Waals surface area (Å²) < 4.78 is 5.35. The van der Waals surface area contributed by atoms with Gasteiger partial charge in [0, 0.05) is 12.3 Å². The van der Waals surface area contributed by atoms with Crippen LogP contribution < -0.4 is 4.74 Å². The van der Waals surface area contributed by atoms with E-state index in [-0.39, 0.29) is 5.69 Å². The third kappa shape index (κ3) is 4.28. The second-order valence-electron chi connectivity index (χ2n) is 4.38. The Balaban J connectivity index is 2.04. The van der Waals surface area contributed by atoms with Gasteiger partial charge >= 0.3 is 0 Å². The second kappa shape index (κ2) is 7.73. The van der Waals surface area contributed by atoms with Crippen LogP contribution in [0.1, 0.15) is 12.5 Å². The van der Waals surface area contributed by atoms with Gasteiger partial charge < -0.3 is 4.74 Å². The van der Waals surface area contributed by atoms with E-state index < -0.39 is 4.92 Å². The van der Waals surface area contributed by atoms with Crippen molar-refractivity contribution >= 4 is 23.7 Å². The number of hydrogen-bond acceptors (Lipinski definition) is 4. The van der Waals surface area contributed by atoms with Gasteiger partial charge in [-0.1, -0.05) is 12.1 Å². The molecular weight excluding hydrogens is 280 g/mol. The van der Waals surface area contributed by atoms with Crippen molar-refractivity contribution in [2.24, 2.45) is 4.99 Å². The van der Waals surface area contributed by atoms with E-state index in [0.717, 1.165) is 11.4 Å². The molecule has 2 rings (SSSR count). The maximum Gasteiger partial charge on any atom is 0.276 e. The van der Waals surface area contributed by atoms with E-state index in [1.807, 2.05) is 31.2 Å². The molecule has 112 valence electrons. The number of nitrogens with zero attached hydrogens (tertiary/aromatic N) is 2. The van der Waals surface area contributed by atoms with Crippen molar-refractivity contribution < 1.29 is 9.66 Å². The molecule has 22 heavy (non-hydrogen) atoms. The zero-order chi connectivity index (χ0) is 15.8. The molecule has 0 radical (unpaired) electrons. The molecule has 0 saturated heterocycles. The fraction of sp³-hybridized carbons (Fsp3) is 0.118. The SMILES string of the molecule is CCOc1ccc(N=C/C=C/c2ccccc2[N+](=O)[O-])cc1. The number of benzene rings is 2. The average Bonchev–Trinajstić information content (AvgIpc) is 2.53. The smallest absolute Gasteiger partial charge is 0.276 e. The van der Waals surface area contributed by atoms with Gasteiger partial charge in [-0.15, -0.1) is 0 Å². The monoisotopic (exact) mass is 296 g/mol. The Kier molecular flexibility index (Phi) is 5.43. The molecular formula is C17H16N2O3. The Morgan fingerprint density at radius 3 is 2.59 bits per heavy atom. The minimum absolute atomic E-state index is 0.0771. The number of allylic oxidation sites excluding steroid dienone is 1. The first-order valence-corrected chi connectivity index (χ1v) is 6.87. The van der Waals surface area contributed by atoms with Crippen LogP contribution in [0.3, 0.4) is 0 Å². The zero-order valence-corrected chi connectivity index (χ0v) is 12.2. The van der Waals surface area contributed by atoms with Crippen LogP contribution in [-0.4, -0.2) is 17.7 Å². The maximum atomic E-state index is 10.9. The molecule has 5 nitrogen and oxygen atoms in total. The van der Waals surface area contributed by atoms with Crippen LogP contribution in [-0.2, 0) is 0 Å². The first kappa shape index (κ1) is 15.4. The average molecular weight is 296 g/mol. The number of ether oxygens (including phenoxy) is 1. The number of hydrogen-bond donors (Lipinski definition) is 0. The highest BCUT2D eigenvalue weighted by molar-refractivity contribution is 5.81. The molecule has 0 aliphatic carbocycles. The van der Waals surface area contributed by atoms with Crippen molar-refractivity contribution in [2.75, 3.05) is 6.61 Å². The van der Waals surface area contributed by atoms with Gasteiger partial charge in [0.2, 0.25) is 0 Å². The molecule has 0 saturated carbocycles. The molecule has 0 amide bonds. The summed E-state index contributed by atoms with van der Waals surface area (Å²) in [6, 6.07) is 14.0. The Labute approximate surface area is 128 Å².